The van der Waals surface area contributed by atoms with E-state index >= 15 is 0 Å². The van der Waals surface area contributed by atoms with Crippen LogP contribution in [0, 0.1) is 0 Å². The number of halogens is 1. The summed E-state index contributed by atoms with van der Waals surface area (Å²) in [5, 5.41) is 8.72. The van der Waals surface area contributed by atoms with Gasteiger partial charge < -0.3 is 10.3 Å². The zero-order chi connectivity index (χ0) is 12.0. The minimum Gasteiger partial charge on any atom is -0.382 e. The number of nitrogens with one attached hydrogen (secondary N) is 1. The minimum atomic E-state index is 0.492. The number of rotatable bonds is 1. The lowest BCUT2D eigenvalue weighted by Gasteiger charge is -1.96. The van der Waals surface area contributed by atoms with Crippen LogP contribution in [0.15, 0.2) is 30.5 Å². The predicted molar refractivity (Wildman–Crippen MR) is 69.9 cm³/mol. The number of aromatic nitrogens is 3. The Morgan fingerprint density at radius 2 is 2.18 bits per heavy atom. The van der Waals surface area contributed by atoms with Crippen LogP contribution < -0.4 is 5.73 Å². The van der Waals surface area contributed by atoms with E-state index in [2.05, 4.69) is 10.2 Å². The van der Waals surface area contributed by atoms with E-state index in [1.54, 1.807) is 0 Å². The zero-order valence-electron chi connectivity index (χ0n) is 9.24. The number of fused-ring (bicyclic) bond motifs is 1. The molecule has 0 aliphatic rings. The first-order valence-electron chi connectivity index (χ1n) is 5.21. The summed E-state index contributed by atoms with van der Waals surface area (Å²) < 4.78 is 2.04. The molecule has 0 aliphatic carbocycles. The molecule has 0 fully saturated rings. The van der Waals surface area contributed by atoms with Crippen molar-refractivity contribution in [1.82, 2.24) is 14.8 Å². The summed E-state index contributed by atoms with van der Waals surface area (Å²) in [6, 6.07) is 7.65. The number of anilines is 1. The van der Waals surface area contributed by atoms with Crippen LogP contribution in [-0.2, 0) is 7.05 Å². The monoisotopic (exact) mass is 246 g/mol. The maximum absolute atomic E-state index is 6.00. The number of aryl methyl sites for hydroxylation is 1. The fraction of sp³-hybridized carbons (Fsp3) is 0.0833. The molecule has 0 aliphatic heterocycles. The fourth-order valence-electron chi connectivity index (χ4n) is 2.05. The molecular formula is C12H11ClN4. The van der Waals surface area contributed by atoms with Crippen molar-refractivity contribution in [2.45, 2.75) is 0 Å². The molecule has 3 N–H and O–H groups in total. The van der Waals surface area contributed by atoms with Gasteiger partial charge in [0.25, 0.3) is 0 Å². The van der Waals surface area contributed by atoms with Gasteiger partial charge in [-0.15, -0.1) is 0 Å². The molecule has 1 aromatic carbocycles. The highest BCUT2D eigenvalue weighted by Crippen LogP contribution is 2.31. The SMILES string of the molecule is Cn1cc(-c2cc(N)n[nH]2)c2ccc(Cl)cc21. The van der Waals surface area contributed by atoms with Crippen LogP contribution in [-0.4, -0.2) is 14.8 Å². The second-order valence-corrected chi connectivity index (χ2v) is 4.46. The second-order valence-electron chi connectivity index (χ2n) is 4.02. The number of H-pyrrole nitrogens is 1. The van der Waals surface area contributed by atoms with E-state index in [9.17, 15) is 0 Å². The third kappa shape index (κ3) is 1.57. The lowest BCUT2D eigenvalue weighted by Crippen LogP contribution is -1.82. The summed E-state index contributed by atoms with van der Waals surface area (Å²) in [5.74, 6) is 0.492. The normalized spacial score (nSPS) is 11.2. The number of hydrogen-bond donors (Lipinski definition) is 2. The van der Waals surface area contributed by atoms with Gasteiger partial charge in [-0.05, 0) is 12.1 Å². The number of hydrogen-bond acceptors (Lipinski definition) is 2. The lowest BCUT2D eigenvalue weighted by molar-refractivity contribution is 0.969. The van der Waals surface area contributed by atoms with Crippen molar-refractivity contribution >= 4 is 28.3 Å². The average Bonchev–Trinajstić information content (AvgIpc) is 2.84. The molecule has 86 valence electrons. The Balaban J connectivity index is 2.31. The molecule has 0 radical (unpaired) electrons. The zero-order valence-corrected chi connectivity index (χ0v) is 9.99. The van der Waals surface area contributed by atoms with E-state index in [4.69, 9.17) is 17.3 Å². The Labute approximate surface area is 103 Å². The molecule has 0 spiro atoms. The Kier molecular flexibility index (Phi) is 2.12. The summed E-state index contributed by atoms with van der Waals surface area (Å²) in [5.41, 5.74) is 8.69. The Morgan fingerprint density at radius 3 is 2.88 bits per heavy atom. The third-order valence-electron chi connectivity index (χ3n) is 2.84. The van der Waals surface area contributed by atoms with Gasteiger partial charge in [-0.1, -0.05) is 17.7 Å². The molecule has 0 bridgehead atoms. The maximum Gasteiger partial charge on any atom is 0.145 e. The Morgan fingerprint density at radius 1 is 1.35 bits per heavy atom. The molecular weight excluding hydrogens is 236 g/mol. The highest BCUT2D eigenvalue weighted by Gasteiger charge is 2.10. The second kappa shape index (κ2) is 3.53. The van der Waals surface area contributed by atoms with Crippen LogP contribution in [0.1, 0.15) is 0 Å². The molecule has 4 nitrogen and oxygen atoms in total. The topological polar surface area (TPSA) is 59.6 Å². The molecule has 2 aromatic heterocycles. The predicted octanol–water partition coefficient (Wildman–Crippen LogP) is 2.80. The van der Waals surface area contributed by atoms with Gasteiger partial charge >= 0.3 is 0 Å². The van der Waals surface area contributed by atoms with Gasteiger partial charge in [-0.25, -0.2) is 0 Å². The molecule has 17 heavy (non-hydrogen) atoms. The van der Waals surface area contributed by atoms with Crippen LogP contribution in [0.2, 0.25) is 5.02 Å². The van der Waals surface area contributed by atoms with Crippen molar-refractivity contribution in [2.24, 2.45) is 7.05 Å². The standard InChI is InChI=1S/C12H11ClN4/c1-17-6-9(10-5-12(14)16-15-10)8-3-2-7(13)4-11(8)17/h2-6H,1H3,(H3,14,15,16). The van der Waals surface area contributed by atoms with E-state index in [-0.39, 0.29) is 0 Å². The summed E-state index contributed by atoms with van der Waals surface area (Å²) >= 11 is 6.00. The van der Waals surface area contributed by atoms with Gasteiger partial charge in [0, 0.05) is 40.8 Å². The van der Waals surface area contributed by atoms with Gasteiger partial charge in [0.15, 0.2) is 0 Å². The van der Waals surface area contributed by atoms with Gasteiger partial charge in [0.05, 0.1) is 5.69 Å². The van der Waals surface area contributed by atoms with Crippen LogP contribution in [0.4, 0.5) is 5.82 Å². The largest absolute Gasteiger partial charge is 0.382 e. The Bertz CT molecular complexity index is 696. The summed E-state index contributed by atoms with van der Waals surface area (Å²) in [6.07, 6.45) is 2.04. The highest BCUT2D eigenvalue weighted by molar-refractivity contribution is 6.31. The summed E-state index contributed by atoms with van der Waals surface area (Å²) in [6.45, 7) is 0. The number of nitrogens with zero attached hydrogens (tertiary/aromatic N) is 2. The van der Waals surface area contributed by atoms with Gasteiger partial charge in [-0.2, -0.15) is 5.10 Å². The summed E-state index contributed by atoms with van der Waals surface area (Å²) in [4.78, 5) is 0. The van der Waals surface area contributed by atoms with Crippen LogP contribution >= 0.6 is 11.6 Å². The molecule has 0 amide bonds. The molecule has 0 unspecified atom stereocenters. The van der Waals surface area contributed by atoms with Crippen molar-refractivity contribution in [3.63, 3.8) is 0 Å². The number of aromatic amines is 1. The molecule has 0 saturated carbocycles. The summed E-state index contributed by atoms with van der Waals surface area (Å²) in [7, 11) is 1.99. The Hall–Kier alpha value is -1.94. The van der Waals surface area contributed by atoms with Crippen molar-refractivity contribution < 1.29 is 0 Å². The minimum absolute atomic E-state index is 0.492. The van der Waals surface area contributed by atoms with Crippen molar-refractivity contribution in [3.05, 3.63) is 35.5 Å². The van der Waals surface area contributed by atoms with Crippen molar-refractivity contribution in [1.29, 1.82) is 0 Å². The first kappa shape index (κ1) is 10.2. The molecule has 3 aromatic rings. The first-order chi connectivity index (χ1) is 8.15. The molecule has 3 rings (SSSR count). The van der Waals surface area contributed by atoms with E-state index in [1.807, 2.05) is 42.1 Å². The fourth-order valence-corrected chi connectivity index (χ4v) is 2.21. The smallest absolute Gasteiger partial charge is 0.145 e. The molecule has 5 heteroatoms. The molecule has 0 saturated heterocycles. The molecule has 0 atom stereocenters. The highest BCUT2D eigenvalue weighted by atomic mass is 35.5. The van der Waals surface area contributed by atoms with Gasteiger partial charge in [0.1, 0.15) is 5.82 Å². The maximum atomic E-state index is 6.00. The third-order valence-corrected chi connectivity index (χ3v) is 3.08. The van der Waals surface area contributed by atoms with Crippen LogP contribution in [0.3, 0.4) is 0 Å². The number of nitrogens with two attached hydrogens (primary N) is 1. The van der Waals surface area contributed by atoms with Crippen LogP contribution in [0.5, 0.6) is 0 Å². The number of nitrogen functional groups attached to an aromatic ring is 1. The first-order valence-corrected chi connectivity index (χ1v) is 5.59. The van der Waals surface area contributed by atoms with Gasteiger partial charge in [0.2, 0.25) is 0 Å². The van der Waals surface area contributed by atoms with E-state index in [0.717, 1.165) is 27.2 Å². The number of benzene rings is 1. The quantitative estimate of drug-likeness (QED) is 0.694. The van der Waals surface area contributed by atoms with E-state index in [1.165, 1.54) is 0 Å². The van der Waals surface area contributed by atoms with Crippen molar-refractivity contribution in [2.75, 3.05) is 5.73 Å². The van der Waals surface area contributed by atoms with E-state index < -0.39 is 0 Å². The van der Waals surface area contributed by atoms with E-state index in [0.29, 0.717) is 5.82 Å². The van der Waals surface area contributed by atoms with Crippen LogP contribution in [0.25, 0.3) is 22.2 Å². The van der Waals surface area contributed by atoms with Gasteiger partial charge in [-0.3, -0.25) is 5.10 Å². The molecule has 2 heterocycles. The lowest BCUT2D eigenvalue weighted by atomic mass is 10.1. The average molecular weight is 247 g/mol. The van der Waals surface area contributed by atoms with Crippen molar-refractivity contribution in [3.8, 4) is 11.3 Å².